The Labute approximate surface area is 101 Å². The fourth-order valence-corrected chi connectivity index (χ4v) is 2.65. The van der Waals surface area contributed by atoms with Crippen molar-refractivity contribution in [1.82, 2.24) is 4.90 Å². The number of likely N-dealkylation sites (tertiary alicyclic amines) is 1. The van der Waals surface area contributed by atoms with Gasteiger partial charge in [-0.3, -0.25) is 4.90 Å². The van der Waals surface area contributed by atoms with Crippen LogP contribution in [0.25, 0.3) is 0 Å². The van der Waals surface area contributed by atoms with Gasteiger partial charge in [-0.25, -0.2) is 0 Å². The summed E-state index contributed by atoms with van der Waals surface area (Å²) in [6, 6.07) is 0.529. The van der Waals surface area contributed by atoms with Gasteiger partial charge in [0.15, 0.2) is 0 Å². The molecule has 0 spiro atoms. The topological polar surface area (TPSA) is 23.5 Å². The molecule has 1 aliphatic heterocycles. The minimum Gasteiger partial charge on any atom is -0.393 e. The third kappa shape index (κ3) is 5.14. The zero-order valence-corrected chi connectivity index (χ0v) is 11.2. The van der Waals surface area contributed by atoms with Crippen molar-refractivity contribution in [3.8, 4) is 0 Å². The quantitative estimate of drug-likeness (QED) is 0.853. The number of rotatable bonds is 4. The summed E-state index contributed by atoms with van der Waals surface area (Å²) >= 11 is 3.43. The third-order valence-electron chi connectivity index (χ3n) is 2.99. The van der Waals surface area contributed by atoms with Crippen LogP contribution in [0.15, 0.2) is 11.1 Å². The minimum absolute atomic E-state index is 0.195. The molecule has 1 saturated heterocycles. The molecule has 1 heterocycles. The highest BCUT2D eigenvalue weighted by Crippen LogP contribution is 2.22. The Hall–Kier alpha value is 0.140. The van der Waals surface area contributed by atoms with E-state index in [1.165, 1.54) is 25.7 Å². The van der Waals surface area contributed by atoms with Gasteiger partial charge in [0.05, 0.1) is 6.10 Å². The SMILES string of the molecule is C=C(Br)CN1CCCCCC1CC(C)O. The molecule has 1 rings (SSSR count). The number of aliphatic hydroxyl groups is 1. The first-order chi connectivity index (χ1) is 7.09. The van der Waals surface area contributed by atoms with Gasteiger partial charge >= 0.3 is 0 Å². The lowest BCUT2D eigenvalue weighted by Gasteiger charge is -2.30. The molecule has 3 heteroatoms. The smallest absolute Gasteiger partial charge is 0.0527 e. The zero-order valence-electron chi connectivity index (χ0n) is 9.58. The maximum absolute atomic E-state index is 9.49. The Kier molecular flexibility index (Phi) is 5.87. The van der Waals surface area contributed by atoms with E-state index in [0.717, 1.165) is 24.0 Å². The molecule has 0 aliphatic carbocycles. The first kappa shape index (κ1) is 13.2. The molecular weight excluding hydrogens is 254 g/mol. The Morgan fingerprint density at radius 1 is 1.53 bits per heavy atom. The van der Waals surface area contributed by atoms with Crippen molar-refractivity contribution in [2.75, 3.05) is 13.1 Å². The van der Waals surface area contributed by atoms with Crippen LogP contribution in [0, 0.1) is 0 Å². The van der Waals surface area contributed by atoms with Crippen LogP contribution in [0.4, 0.5) is 0 Å². The highest BCUT2D eigenvalue weighted by atomic mass is 79.9. The Morgan fingerprint density at radius 2 is 2.27 bits per heavy atom. The minimum atomic E-state index is -0.195. The molecule has 0 aromatic carbocycles. The van der Waals surface area contributed by atoms with E-state index in [-0.39, 0.29) is 6.10 Å². The molecule has 0 bridgehead atoms. The maximum atomic E-state index is 9.49. The monoisotopic (exact) mass is 275 g/mol. The van der Waals surface area contributed by atoms with E-state index in [1.54, 1.807) is 0 Å². The molecule has 0 saturated carbocycles. The molecule has 0 amide bonds. The third-order valence-corrected chi connectivity index (χ3v) is 3.24. The van der Waals surface area contributed by atoms with Gasteiger partial charge in [-0.1, -0.05) is 35.4 Å². The van der Waals surface area contributed by atoms with Crippen molar-refractivity contribution in [3.05, 3.63) is 11.1 Å². The summed E-state index contributed by atoms with van der Waals surface area (Å²) in [5.74, 6) is 0. The first-order valence-corrected chi connectivity index (χ1v) is 6.64. The maximum Gasteiger partial charge on any atom is 0.0527 e. The van der Waals surface area contributed by atoms with Crippen LogP contribution in [0.5, 0.6) is 0 Å². The van der Waals surface area contributed by atoms with Gasteiger partial charge in [-0.15, -0.1) is 0 Å². The second-order valence-corrected chi connectivity index (χ2v) is 5.70. The molecule has 2 unspecified atom stereocenters. The fourth-order valence-electron chi connectivity index (χ4n) is 2.33. The number of nitrogens with zero attached hydrogens (tertiary/aromatic N) is 1. The van der Waals surface area contributed by atoms with E-state index < -0.39 is 0 Å². The molecule has 0 aromatic heterocycles. The van der Waals surface area contributed by atoms with E-state index in [0.29, 0.717) is 6.04 Å². The number of hydrogen-bond acceptors (Lipinski definition) is 2. The van der Waals surface area contributed by atoms with E-state index in [1.807, 2.05) is 6.92 Å². The van der Waals surface area contributed by atoms with Crippen LogP contribution >= 0.6 is 15.9 Å². The summed E-state index contributed by atoms with van der Waals surface area (Å²) in [5, 5.41) is 9.49. The molecule has 0 radical (unpaired) electrons. The van der Waals surface area contributed by atoms with E-state index in [2.05, 4.69) is 27.4 Å². The molecule has 2 nitrogen and oxygen atoms in total. The zero-order chi connectivity index (χ0) is 11.3. The van der Waals surface area contributed by atoms with Crippen LogP contribution < -0.4 is 0 Å². The van der Waals surface area contributed by atoms with Crippen LogP contribution in [0.2, 0.25) is 0 Å². The lowest BCUT2D eigenvalue weighted by Crippen LogP contribution is -2.37. The summed E-state index contributed by atoms with van der Waals surface area (Å²) < 4.78 is 1.04. The van der Waals surface area contributed by atoms with Gasteiger partial charge < -0.3 is 5.11 Å². The number of hydrogen-bond donors (Lipinski definition) is 1. The predicted molar refractivity (Wildman–Crippen MR) is 68.2 cm³/mol. The summed E-state index contributed by atoms with van der Waals surface area (Å²) in [6.45, 7) is 7.84. The average molecular weight is 276 g/mol. The van der Waals surface area contributed by atoms with E-state index in [9.17, 15) is 5.11 Å². The summed E-state index contributed by atoms with van der Waals surface area (Å²) in [4.78, 5) is 2.46. The second-order valence-electron chi connectivity index (χ2n) is 4.58. The van der Waals surface area contributed by atoms with Gasteiger partial charge in [0.2, 0.25) is 0 Å². The van der Waals surface area contributed by atoms with Crippen molar-refractivity contribution in [3.63, 3.8) is 0 Å². The second kappa shape index (κ2) is 6.66. The lowest BCUT2D eigenvalue weighted by molar-refractivity contribution is 0.119. The van der Waals surface area contributed by atoms with Crippen LogP contribution in [0.3, 0.4) is 0 Å². The van der Waals surface area contributed by atoms with Crippen molar-refractivity contribution >= 4 is 15.9 Å². The molecule has 88 valence electrons. The summed E-state index contributed by atoms with van der Waals surface area (Å²) in [7, 11) is 0. The normalized spacial score (nSPS) is 25.9. The molecule has 1 N–H and O–H groups in total. The van der Waals surface area contributed by atoms with Gasteiger partial charge in [0, 0.05) is 17.1 Å². The number of aliphatic hydroxyl groups excluding tert-OH is 1. The average Bonchev–Trinajstić information content (AvgIpc) is 2.30. The Bertz CT molecular complexity index is 206. The van der Waals surface area contributed by atoms with Crippen LogP contribution in [-0.4, -0.2) is 35.2 Å². The highest BCUT2D eigenvalue weighted by Gasteiger charge is 2.22. The largest absolute Gasteiger partial charge is 0.393 e. The first-order valence-electron chi connectivity index (χ1n) is 5.85. The van der Waals surface area contributed by atoms with Crippen molar-refractivity contribution in [2.45, 2.75) is 51.2 Å². The Morgan fingerprint density at radius 3 is 2.87 bits per heavy atom. The van der Waals surface area contributed by atoms with Crippen molar-refractivity contribution in [1.29, 1.82) is 0 Å². The van der Waals surface area contributed by atoms with Gasteiger partial charge in [-0.2, -0.15) is 0 Å². The number of halogens is 1. The van der Waals surface area contributed by atoms with Gasteiger partial charge in [-0.05, 0) is 32.7 Å². The van der Waals surface area contributed by atoms with Crippen molar-refractivity contribution in [2.24, 2.45) is 0 Å². The predicted octanol–water partition coefficient (Wildman–Crippen LogP) is 2.91. The molecule has 0 aromatic rings. The standard InChI is InChI=1S/C12H22BrNO/c1-10(13)9-14-7-5-3-4-6-12(14)8-11(2)15/h11-12,15H,1,3-9H2,2H3. The van der Waals surface area contributed by atoms with Crippen molar-refractivity contribution < 1.29 is 5.11 Å². The molecule has 1 fully saturated rings. The molecule has 2 atom stereocenters. The molecule has 1 aliphatic rings. The Balaban J connectivity index is 2.54. The molecular formula is C12H22BrNO. The van der Waals surface area contributed by atoms with Gasteiger partial charge in [0.1, 0.15) is 0 Å². The summed E-state index contributed by atoms with van der Waals surface area (Å²) in [5.41, 5.74) is 0. The van der Waals surface area contributed by atoms with Crippen LogP contribution in [-0.2, 0) is 0 Å². The van der Waals surface area contributed by atoms with Crippen LogP contribution in [0.1, 0.15) is 39.0 Å². The lowest BCUT2D eigenvalue weighted by atomic mass is 10.0. The van der Waals surface area contributed by atoms with Gasteiger partial charge in [0.25, 0.3) is 0 Å². The summed E-state index contributed by atoms with van der Waals surface area (Å²) in [6.07, 6.45) is 5.80. The highest BCUT2D eigenvalue weighted by molar-refractivity contribution is 9.11. The van der Waals surface area contributed by atoms with E-state index >= 15 is 0 Å². The molecule has 15 heavy (non-hydrogen) atoms. The van der Waals surface area contributed by atoms with E-state index in [4.69, 9.17) is 0 Å². The fraction of sp³-hybridized carbons (Fsp3) is 0.833.